The molecule has 0 unspecified atom stereocenters. The number of sulfone groups is 1. The van der Waals surface area contributed by atoms with Crippen LogP contribution in [0.25, 0.3) is 0 Å². The molecule has 1 aliphatic heterocycles. The van der Waals surface area contributed by atoms with Crippen LogP contribution in [0.1, 0.15) is 38.5 Å². The van der Waals surface area contributed by atoms with Gasteiger partial charge in [0.25, 0.3) is 5.91 Å². The van der Waals surface area contributed by atoms with Gasteiger partial charge in [0.2, 0.25) is 0 Å². The summed E-state index contributed by atoms with van der Waals surface area (Å²) in [5.74, 6) is -0.821. The second kappa shape index (κ2) is 8.28. The van der Waals surface area contributed by atoms with Crippen LogP contribution in [0, 0.1) is 0 Å². The predicted molar refractivity (Wildman–Crippen MR) is 111 cm³/mol. The highest BCUT2D eigenvalue weighted by atomic mass is 32.2. The molecule has 0 saturated carbocycles. The maximum atomic E-state index is 12.9. The number of ether oxygens (including phenoxy) is 1. The number of rotatable bonds is 6. The van der Waals surface area contributed by atoms with Gasteiger partial charge in [0.1, 0.15) is 4.88 Å². The number of hydrogen-bond acceptors (Lipinski definition) is 6. The quantitative estimate of drug-likeness (QED) is 0.654. The van der Waals surface area contributed by atoms with Crippen molar-refractivity contribution in [3.63, 3.8) is 0 Å². The van der Waals surface area contributed by atoms with E-state index in [1.165, 1.54) is 21.8 Å². The van der Waals surface area contributed by atoms with Gasteiger partial charge in [-0.25, -0.2) is 13.2 Å². The normalized spacial score (nSPS) is 19.7. The van der Waals surface area contributed by atoms with Crippen LogP contribution < -0.4 is 0 Å². The first-order valence-electron chi connectivity index (χ1n) is 9.74. The van der Waals surface area contributed by atoms with E-state index in [4.69, 9.17) is 4.74 Å². The summed E-state index contributed by atoms with van der Waals surface area (Å²) in [6.07, 6.45) is 3.51. The maximum absolute atomic E-state index is 12.9. The molecule has 1 aromatic heterocycles. The van der Waals surface area contributed by atoms with Crippen LogP contribution in [0.15, 0.2) is 36.4 Å². The molecule has 1 amide bonds. The highest BCUT2D eigenvalue weighted by Gasteiger charge is 2.35. The van der Waals surface area contributed by atoms with E-state index in [9.17, 15) is 18.0 Å². The lowest BCUT2D eigenvalue weighted by molar-refractivity contribution is -0.137. The second-order valence-electron chi connectivity index (χ2n) is 7.55. The van der Waals surface area contributed by atoms with E-state index >= 15 is 0 Å². The van der Waals surface area contributed by atoms with Gasteiger partial charge in [0.05, 0.1) is 11.5 Å². The zero-order valence-corrected chi connectivity index (χ0v) is 17.6. The van der Waals surface area contributed by atoms with E-state index in [0.717, 1.165) is 24.8 Å². The van der Waals surface area contributed by atoms with Gasteiger partial charge in [-0.3, -0.25) is 4.79 Å². The molecule has 2 aromatic rings. The summed E-state index contributed by atoms with van der Waals surface area (Å²) in [4.78, 5) is 28.6. The summed E-state index contributed by atoms with van der Waals surface area (Å²) >= 11 is 1.44. The van der Waals surface area contributed by atoms with E-state index in [1.807, 2.05) is 36.4 Å². The van der Waals surface area contributed by atoms with Gasteiger partial charge in [0.15, 0.2) is 16.4 Å². The molecular formula is C21H23NO5S2. The molecular weight excluding hydrogens is 410 g/mol. The molecule has 8 heteroatoms. The van der Waals surface area contributed by atoms with Gasteiger partial charge >= 0.3 is 5.97 Å². The molecule has 0 radical (unpaired) electrons. The molecule has 4 rings (SSSR count). The fourth-order valence-corrected chi connectivity index (χ4v) is 6.81. The Labute approximate surface area is 174 Å². The Bertz CT molecular complexity index is 991. The summed E-state index contributed by atoms with van der Waals surface area (Å²) in [6, 6.07) is 10.9. The fourth-order valence-electron chi connectivity index (χ4n) is 3.93. The molecule has 6 nitrogen and oxygen atoms in total. The first-order valence-corrected chi connectivity index (χ1v) is 12.4. The monoisotopic (exact) mass is 433 g/mol. The number of carbonyl (C=O) groups excluding carboxylic acids is 2. The summed E-state index contributed by atoms with van der Waals surface area (Å²) < 4.78 is 29.1. The van der Waals surface area contributed by atoms with Crippen LogP contribution in [-0.2, 0) is 38.8 Å². The van der Waals surface area contributed by atoms with Crippen molar-refractivity contribution in [3.05, 3.63) is 57.3 Å². The van der Waals surface area contributed by atoms with Gasteiger partial charge in [-0.05, 0) is 42.9 Å². The standard InChI is InChI=1S/C21H23NO5S2/c23-20(13-27-21(24)19-11-16-7-4-8-18(16)28-19)22(12-15-5-2-1-3-6-15)17-9-10-29(25,26)14-17/h1-3,5-6,11,17H,4,7-10,12-14H2/t17-/m0/s1. The van der Waals surface area contributed by atoms with Crippen molar-refractivity contribution in [1.82, 2.24) is 4.90 Å². The van der Waals surface area contributed by atoms with Crippen LogP contribution in [0.4, 0.5) is 0 Å². The van der Waals surface area contributed by atoms with Gasteiger partial charge < -0.3 is 9.64 Å². The molecule has 1 atom stereocenters. The molecule has 1 aromatic carbocycles. The average Bonchev–Trinajstić information content (AvgIpc) is 3.39. The van der Waals surface area contributed by atoms with Gasteiger partial charge in [0, 0.05) is 17.5 Å². The number of esters is 1. The minimum absolute atomic E-state index is 0.0445. The van der Waals surface area contributed by atoms with Crippen LogP contribution in [0.5, 0.6) is 0 Å². The van der Waals surface area contributed by atoms with Crippen LogP contribution in [0.2, 0.25) is 0 Å². The van der Waals surface area contributed by atoms with E-state index in [0.29, 0.717) is 17.8 Å². The van der Waals surface area contributed by atoms with Crippen molar-refractivity contribution in [1.29, 1.82) is 0 Å². The molecule has 2 heterocycles. The van der Waals surface area contributed by atoms with E-state index in [1.54, 1.807) is 4.90 Å². The Morgan fingerprint density at radius 2 is 1.97 bits per heavy atom. The Balaban J connectivity index is 1.43. The predicted octanol–water partition coefficient (Wildman–Crippen LogP) is 2.61. The number of benzene rings is 1. The minimum Gasteiger partial charge on any atom is -0.451 e. The Kier molecular flexibility index (Phi) is 5.74. The number of hydrogen-bond donors (Lipinski definition) is 0. The number of thiophene rings is 1. The zero-order chi connectivity index (χ0) is 20.4. The van der Waals surface area contributed by atoms with E-state index in [-0.39, 0.29) is 24.0 Å². The molecule has 1 aliphatic carbocycles. The molecule has 1 saturated heterocycles. The Morgan fingerprint density at radius 1 is 1.17 bits per heavy atom. The zero-order valence-electron chi connectivity index (χ0n) is 16.0. The lowest BCUT2D eigenvalue weighted by Crippen LogP contribution is -2.42. The smallest absolute Gasteiger partial charge is 0.348 e. The first kappa shape index (κ1) is 20.1. The number of nitrogens with zero attached hydrogens (tertiary/aromatic N) is 1. The van der Waals surface area contributed by atoms with Crippen molar-refractivity contribution in [2.75, 3.05) is 18.1 Å². The maximum Gasteiger partial charge on any atom is 0.348 e. The SMILES string of the molecule is O=C(OCC(=O)N(Cc1ccccc1)[C@H]1CCS(=O)(=O)C1)c1cc2c(s1)CCC2. The lowest BCUT2D eigenvalue weighted by Gasteiger charge is -2.28. The third-order valence-corrected chi connectivity index (χ3v) is 8.41. The molecule has 154 valence electrons. The van der Waals surface area contributed by atoms with Crippen LogP contribution in [0.3, 0.4) is 0 Å². The second-order valence-corrected chi connectivity index (χ2v) is 10.9. The van der Waals surface area contributed by atoms with Crippen molar-refractivity contribution >= 4 is 33.1 Å². The number of aryl methyl sites for hydroxylation is 2. The summed E-state index contributed by atoms with van der Waals surface area (Å²) in [5, 5.41) is 0. The third kappa shape index (κ3) is 4.70. The molecule has 0 bridgehead atoms. The Morgan fingerprint density at radius 3 is 2.66 bits per heavy atom. The topological polar surface area (TPSA) is 80.8 Å². The molecule has 1 fully saturated rings. The van der Waals surface area contributed by atoms with Crippen molar-refractivity contribution < 1.29 is 22.7 Å². The van der Waals surface area contributed by atoms with Gasteiger partial charge in [-0.2, -0.15) is 0 Å². The van der Waals surface area contributed by atoms with E-state index < -0.39 is 21.8 Å². The van der Waals surface area contributed by atoms with Crippen molar-refractivity contribution in [2.24, 2.45) is 0 Å². The third-order valence-electron chi connectivity index (χ3n) is 5.44. The Hall–Kier alpha value is -2.19. The highest BCUT2D eigenvalue weighted by Crippen LogP contribution is 2.31. The molecule has 0 N–H and O–H groups in total. The highest BCUT2D eigenvalue weighted by molar-refractivity contribution is 7.91. The molecule has 2 aliphatic rings. The number of carbonyl (C=O) groups is 2. The van der Waals surface area contributed by atoms with Gasteiger partial charge in [-0.1, -0.05) is 30.3 Å². The van der Waals surface area contributed by atoms with Crippen LogP contribution >= 0.6 is 11.3 Å². The number of fused-ring (bicyclic) bond motifs is 1. The van der Waals surface area contributed by atoms with Gasteiger partial charge in [-0.15, -0.1) is 11.3 Å². The minimum atomic E-state index is -3.14. The number of amides is 1. The summed E-state index contributed by atoms with van der Waals surface area (Å²) in [6.45, 7) is -0.0878. The molecule has 0 spiro atoms. The van der Waals surface area contributed by atoms with Crippen molar-refractivity contribution in [2.45, 2.75) is 38.3 Å². The first-order chi connectivity index (χ1) is 13.9. The van der Waals surface area contributed by atoms with E-state index in [2.05, 4.69) is 0 Å². The fraction of sp³-hybridized carbons (Fsp3) is 0.429. The summed E-state index contributed by atoms with van der Waals surface area (Å²) in [7, 11) is -3.14. The lowest BCUT2D eigenvalue weighted by atomic mass is 10.1. The molecule has 29 heavy (non-hydrogen) atoms. The van der Waals surface area contributed by atoms with Crippen molar-refractivity contribution in [3.8, 4) is 0 Å². The summed E-state index contributed by atoms with van der Waals surface area (Å²) in [5.41, 5.74) is 2.11. The average molecular weight is 434 g/mol. The largest absolute Gasteiger partial charge is 0.451 e. The van der Waals surface area contributed by atoms with Crippen LogP contribution in [-0.4, -0.2) is 49.3 Å².